The molecule has 1 aliphatic rings. The van der Waals surface area contributed by atoms with Crippen LogP contribution < -0.4 is 9.62 Å². The number of anilines is 1. The number of aryl methyl sites for hydroxylation is 1. The van der Waals surface area contributed by atoms with E-state index in [1.807, 2.05) is 36.4 Å². The van der Waals surface area contributed by atoms with Crippen molar-refractivity contribution in [3.63, 3.8) is 0 Å². The third kappa shape index (κ3) is 7.23. The molecule has 0 heterocycles. The smallest absolute Gasteiger partial charge is 0.264 e. The van der Waals surface area contributed by atoms with Crippen LogP contribution in [0.4, 0.5) is 5.69 Å². The molecule has 2 amide bonds. The lowest BCUT2D eigenvalue weighted by molar-refractivity contribution is -0.139. The highest BCUT2D eigenvalue weighted by Crippen LogP contribution is 2.28. The Bertz CT molecular complexity index is 1410. The number of rotatable bonds is 11. The summed E-state index contributed by atoms with van der Waals surface area (Å²) in [7, 11) is -4.13. The van der Waals surface area contributed by atoms with Gasteiger partial charge in [0.2, 0.25) is 11.8 Å². The van der Waals surface area contributed by atoms with E-state index in [-0.39, 0.29) is 23.4 Å². The van der Waals surface area contributed by atoms with Crippen LogP contribution in [-0.4, -0.2) is 50.3 Å². The molecule has 0 radical (unpaired) electrons. The van der Waals surface area contributed by atoms with Gasteiger partial charge in [0.1, 0.15) is 12.6 Å². The number of amides is 2. The van der Waals surface area contributed by atoms with E-state index in [1.54, 1.807) is 32.0 Å². The Balaban J connectivity index is 1.65. The number of nitrogens with one attached hydrogen (secondary N) is 1. The molecule has 1 saturated carbocycles. The van der Waals surface area contributed by atoms with Gasteiger partial charge >= 0.3 is 0 Å². The molecule has 7 nitrogen and oxygen atoms in total. The molecule has 40 heavy (non-hydrogen) atoms. The monoisotopic (exact) mass is 581 g/mol. The summed E-state index contributed by atoms with van der Waals surface area (Å²) in [5.74, 6) is -0.679. The Morgan fingerprint density at radius 1 is 0.950 bits per heavy atom. The molecular formula is C31H36ClN3O4S. The zero-order valence-electron chi connectivity index (χ0n) is 22.9. The van der Waals surface area contributed by atoms with Crippen LogP contribution in [-0.2, 0) is 26.0 Å². The molecule has 0 spiro atoms. The van der Waals surface area contributed by atoms with E-state index in [2.05, 4.69) is 5.32 Å². The van der Waals surface area contributed by atoms with Crippen LogP contribution in [0.3, 0.4) is 0 Å². The average Bonchev–Trinajstić information content (AvgIpc) is 3.46. The fraction of sp³-hybridized carbons (Fsp3) is 0.355. The maximum Gasteiger partial charge on any atom is 0.264 e. The van der Waals surface area contributed by atoms with Crippen LogP contribution in [0.15, 0.2) is 83.8 Å². The van der Waals surface area contributed by atoms with Crippen molar-refractivity contribution in [1.82, 2.24) is 10.2 Å². The molecule has 1 aliphatic carbocycles. The number of para-hydroxylation sites is 1. The van der Waals surface area contributed by atoms with Gasteiger partial charge in [0.15, 0.2) is 0 Å². The van der Waals surface area contributed by atoms with E-state index in [0.29, 0.717) is 22.7 Å². The van der Waals surface area contributed by atoms with E-state index >= 15 is 0 Å². The first-order valence-corrected chi connectivity index (χ1v) is 15.5. The molecule has 1 unspecified atom stereocenters. The number of carbonyl (C=O) groups excluding carboxylic acids is 2. The van der Waals surface area contributed by atoms with Crippen LogP contribution in [0, 0.1) is 6.92 Å². The summed E-state index contributed by atoms with van der Waals surface area (Å²) in [6.45, 7) is 3.32. The molecule has 3 aromatic carbocycles. The highest BCUT2D eigenvalue weighted by Gasteiger charge is 2.33. The third-order valence-electron chi connectivity index (χ3n) is 7.42. The van der Waals surface area contributed by atoms with Crippen LogP contribution in [0.25, 0.3) is 0 Å². The van der Waals surface area contributed by atoms with Crippen LogP contribution in [0.2, 0.25) is 5.02 Å². The minimum absolute atomic E-state index is 0.0239. The highest BCUT2D eigenvalue weighted by molar-refractivity contribution is 7.92. The molecular weight excluding hydrogens is 546 g/mol. The maximum atomic E-state index is 14.0. The number of sulfonamides is 1. The average molecular weight is 582 g/mol. The summed E-state index contributed by atoms with van der Waals surface area (Å²) in [4.78, 5) is 28.8. The highest BCUT2D eigenvalue weighted by atomic mass is 35.5. The summed E-state index contributed by atoms with van der Waals surface area (Å²) < 4.78 is 28.9. The van der Waals surface area contributed by atoms with E-state index < -0.39 is 28.5 Å². The Morgan fingerprint density at radius 3 is 2.23 bits per heavy atom. The van der Waals surface area contributed by atoms with E-state index in [4.69, 9.17) is 11.6 Å². The van der Waals surface area contributed by atoms with Gasteiger partial charge in [-0.3, -0.25) is 13.9 Å². The molecule has 0 aliphatic heterocycles. The van der Waals surface area contributed by atoms with Gasteiger partial charge < -0.3 is 10.2 Å². The number of hydrogen-bond donors (Lipinski definition) is 1. The van der Waals surface area contributed by atoms with Crippen molar-refractivity contribution in [3.8, 4) is 0 Å². The maximum absolute atomic E-state index is 14.0. The van der Waals surface area contributed by atoms with Crippen molar-refractivity contribution < 1.29 is 18.0 Å². The molecule has 212 valence electrons. The second kappa shape index (κ2) is 13.3. The second-order valence-electron chi connectivity index (χ2n) is 10.2. The normalized spacial score (nSPS) is 14.5. The van der Waals surface area contributed by atoms with Crippen LogP contribution in [0.1, 0.15) is 43.7 Å². The van der Waals surface area contributed by atoms with Gasteiger partial charge in [0.05, 0.1) is 10.6 Å². The van der Waals surface area contributed by atoms with Crippen molar-refractivity contribution in [2.45, 2.75) is 62.9 Å². The van der Waals surface area contributed by atoms with Gasteiger partial charge in [-0.2, -0.15) is 0 Å². The molecule has 4 rings (SSSR count). The summed E-state index contributed by atoms with van der Waals surface area (Å²) in [5.41, 5.74) is 2.13. The van der Waals surface area contributed by atoms with E-state index in [0.717, 1.165) is 35.6 Å². The standard InChI is InChI=1S/C31H36ClN3O4S/c1-23-10-6-9-15-29(23)35(40(38,39)28-18-16-26(32)17-19-28)22-30(36)34(21-20-25-11-4-3-5-12-25)24(2)31(37)33-27-13-7-8-14-27/h3-6,9-12,15-19,24,27H,7-8,13-14,20-22H2,1-2H3,(H,33,37). The first-order chi connectivity index (χ1) is 19.2. The van der Waals surface area contributed by atoms with E-state index in [9.17, 15) is 18.0 Å². The molecule has 1 fully saturated rings. The van der Waals surface area contributed by atoms with E-state index in [1.165, 1.54) is 29.2 Å². The van der Waals surface area contributed by atoms with Crippen molar-refractivity contribution in [2.75, 3.05) is 17.4 Å². The first kappa shape index (κ1) is 29.6. The zero-order valence-corrected chi connectivity index (χ0v) is 24.5. The van der Waals surface area contributed by atoms with Gasteiger partial charge in [0.25, 0.3) is 10.0 Å². The third-order valence-corrected chi connectivity index (χ3v) is 9.44. The van der Waals surface area contributed by atoms with Crippen molar-refractivity contribution >= 4 is 39.1 Å². The Hall–Kier alpha value is -3.36. The quantitative estimate of drug-likeness (QED) is 0.330. The lowest BCUT2D eigenvalue weighted by atomic mass is 10.1. The zero-order chi connectivity index (χ0) is 28.7. The molecule has 0 aromatic heterocycles. The predicted octanol–water partition coefficient (Wildman–Crippen LogP) is 5.36. The first-order valence-electron chi connectivity index (χ1n) is 13.6. The number of hydrogen-bond acceptors (Lipinski definition) is 4. The molecule has 0 bridgehead atoms. The van der Waals surface area contributed by atoms with Gasteiger partial charge in [-0.1, -0.05) is 73.0 Å². The number of carbonyl (C=O) groups is 2. The number of nitrogens with zero attached hydrogens (tertiary/aromatic N) is 2. The molecule has 1 atom stereocenters. The number of benzene rings is 3. The fourth-order valence-electron chi connectivity index (χ4n) is 5.05. The Morgan fingerprint density at radius 2 is 1.57 bits per heavy atom. The largest absolute Gasteiger partial charge is 0.352 e. The molecule has 9 heteroatoms. The van der Waals surface area contributed by atoms with Gasteiger partial charge in [0, 0.05) is 17.6 Å². The molecule has 0 saturated heterocycles. The van der Waals surface area contributed by atoms with Gasteiger partial charge in [-0.05, 0) is 74.6 Å². The Kier molecular flexibility index (Phi) is 9.87. The molecule has 3 aromatic rings. The summed E-state index contributed by atoms with van der Waals surface area (Å²) in [6, 6.07) is 22.0. The lowest BCUT2D eigenvalue weighted by Crippen LogP contribution is -2.53. The summed E-state index contributed by atoms with van der Waals surface area (Å²) >= 11 is 6.01. The van der Waals surface area contributed by atoms with Gasteiger partial charge in [-0.25, -0.2) is 8.42 Å². The Labute approximate surface area is 242 Å². The van der Waals surface area contributed by atoms with Crippen molar-refractivity contribution in [2.24, 2.45) is 0 Å². The summed E-state index contributed by atoms with van der Waals surface area (Å²) in [6.07, 6.45) is 4.53. The lowest BCUT2D eigenvalue weighted by Gasteiger charge is -2.33. The predicted molar refractivity (Wildman–Crippen MR) is 159 cm³/mol. The summed E-state index contributed by atoms with van der Waals surface area (Å²) in [5, 5.41) is 3.50. The molecule has 1 N–H and O–H groups in total. The van der Waals surface area contributed by atoms with Crippen LogP contribution in [0.5, 0.6) is 0 Å². The topological polar surface area (TPSA) is 86.8 Å². The minimum atomic E-state index is -4.13. The van der Waals surface area contributed by atoms with Crippen LogP contribution >= 0.6 is 11.6 Å². The minimum Gasteiger partial charge on any atom is -0.352 e. The second-order valence-corrected chi connectivity index (χ2v) is 12.5. The fourth-order valence-corrected chi connectivity index (χ4v) is 6.66. The SMILES string of the molecule is Cc1ccccc1N(CC(=O)N(CCc1ccccc1)C(C)C(=O)NC1CCCC1)S(=O)(=O)c1ccc(Cl)cc1. The van der Waals surface area contributed by atoms with Crippen molar-refractivity contribution in [3.05, 3.63) is 95.0 Å². The van der Waals surface area contributed by atoms with Gasteiger partial charge in [-0.15, -0.1) is 0 Å². The number of halogens is 1. The van der Waals surface area contributed by atoms with Crippen molar-refractivity contribution in [1.29, 1.82) is 0 Å².